The second kappa shape index (κ2) is 9.20. The van der Waals surface area contributed by atoms with Crippen LogP contribution >= 0.6 is 11.3 Å². The smallest absolute Gasteiger partial charge is 0.290 e. The molecule has 1 aromatic carbocycles. The van der Waals surface area contributed by atoms with E-state index in [1.807, 2.05) is 48.7 Å². The van der Waals surface area contributed by atoms with Gasteiger partial charge in [0.15, 0.2) is 11.5 Å². The van der Waals surface area contributed by atoms with Gasteiger partial charge in [0.25, 0.3) is 5.91 Å². The van der Waals surface area contributed by atoms with E-state index in [1.54, 1.807) is 4.90 Å². The summed E-state index contributed by atoms with van der Waals surface area (Å²) in [4.78, 5) is 28.5. The van der Waals surface area contributed by atoms with Gasteiger partial charge in [0, 0.05) is 17.8 Å². The lowest BCUT2D eigenvalue weighted by Gasteiger charge is -2.26. The number of nitrogens with zero attached hydrogens (tertiary/aromatic N) is 1. The van der Waals surface area contributed by atoms with Crippen molar-refractivity contribution in [2.75, 3.05) is 6.54 Å². The lowest BCUT2D eigenvalue weighted by atomic mass is 9.96. The second-order valence-corrected chi connectivity index (χ2v) is 8.19. The van der Waals surface area contributed by atoms with Crippen LogP contribution in [-0.4, -0.2) is 28.2 Å². The van der Waals surface area contributed by atoms with Crippen LogP contribution in [0.3, 0.4) is 0 Å². The van der Waals surface area contributed by atoms with E-state index in [9.17, 15) is 14.7 Å². The molecular weight excluding hydrogens is 370 g/mol. The van der Waals surface area contributed by atoms with Crippen LogP contribution in [0, 0.1) is 6.92 Å². The molecule has 0 fully saturated rings. The highest BCUT2D eigenvalue weighted by Crippen LogP contribution is 2.41. The monoisotopic (exact) mass is 397 g/mol. The van der Waals surface area contributed by atoms with E-state index in [1.165, 1.54) is 11.3 Å². The number of amides is 1. The minimum Gasteiger partial charge on any atom is -0.503 e. The highest BCUT2D eigenvalue weighted by atomic mass is 32.1. The van der Waals surface area contributed by atoms with E-state index in [0.717, 1.165) is 35.3 Å². The van der Waals surface area contributed by atoms with Crippen LogP contribution in [0.2, 0.25) is 0 Å². The predicted octanol–water partition coefficient (Wildman–Crippen LogP) is 5.14. The molecule has 0 saturated carbocycles. The van der Waals surface area contributed by atoms with Crippen LogP contribution in [0.5, 0.6) is 0 Å². The Morgan fingerprint density at radius 3 is 2.57 bits per heavy atom. The van der Waals surface area contributed by atoms with E-state index < -0.39 is 11.9 Å². The Labute approximate surface area is 170 Å². The molecule has 1 amide bonds. The summed E-state index contributed by atoms with van der Waals surface area (Å²) in [6.45, 7) is 4.65. The summed E-state index contributed by atoms with van der Waals surface area (Å²) in [7, 11) is 0. The maximum absolute atomic E-state index is 13.1. The minimum absolute atomic E-state index is 0.148. The molecule has 1 unspecified atom stereocenters. The summed E-state index contributed by atoms with van der Waals surface area (Å²) in [5.74, 6) is -0.935. The molecule has 5 heteroatoms. The molecule has 1 atom stereocenters. The van der Waals surface area contributed by atoms with Gasteiger partial charge in [-0.05, 0) is 42.3 Å². The molecule has 2 heterocycles. The number of hydrogen-bond donors (Lipinski definition) is 1. The summed E-state index contributed by atoms with van der Waals surface area (Å²) in [6, 6.07) is 11.3. The van der Waals surface area contributed by atoms with Gasteiger partial charge < -0.3 is 10.0 Å². The molecular formula is C23H27NO3S. The van der Waals surface area contributed by atoms with Gasteiger partial charge in [0.05, 0.1) is 11.6 Å². The zero-order valence-corrected chi connectivity index (χ0v) is 17.3. The molecule has 1 aromatic heterocycles. The third kappa shape index (κ3) is 4.20. The quantitative estimate of drug-likeness (QED) is 0.596. The fraction of sp³-hybridized carbons (Fsp3) is 0.391. The summed E-state index contributed by atoms with van der Waals surface area (Å²) < 4.78 is 0. The Kier molecular flexibility index (Phi) is 6.68. The molecule has 28 heavy (non-hydrogen) atoms. The molecule has 1 aliphatic heterocycles. The third-order valence-electron chi connectivity index (χ3n) is 5.24. The Bertz CT molecular complexity index is 869. The van der Waals surface area contributed by atoms with Crippen molar-refractivity contribution in [1.82, 2.24) is 4.90 Å². The average Bonchev–Trinajstić information content (AvgIpc) is 3.23. The number of carbonyl (C=O) groups is 2. The van der Waals surface area contributed by atoms with Crippen molar-refractivity contribution in [3.05, 3.63) is 69.1 Å². The van der Waals surface area contributed by atoms with Crippen LogP contribution in [0.25, 0.3) is 0 Å². The largest absolute Gasteiger partial charge is 0.503 e. The fourth-order valence-corrected chi connectivity index (χ4v) is 4.72. The minimum atomic E-state index is -0.465. The number of aliphatic hydroxyl groups excluding tert-OH is 1. The highest BCUT2D eigenvalue weighted by molar-refractivity contribution is 7.10. The summed E-state index contributed by atoms with van der Waals surface area (Å²) in [6.07, 6.45) is 3.80. The maximum Gasteiger partial charge on any atom is 0.290 e. The van der Waals surface area contributed by atoms with E-state index in [-0.39, 0.29) is 23.5 Å². The van der Waals surface area contributed by atoms with E-state index in [2.05, 4.69) is 6.92 Å². The van der Waals surface area contributed by atoms with E-state index >= 15 is 0 Å². The third-order valence-corrected chi connectivity index (χ3v) is 6.31. The topological polar surface area (TPSA) is 57.6 Å². The maximum atomic E-state index is 13.1. The number of thiophene rings is 1. The number of carbonyl (C=O) groups excluding carboxylic acids is 2. The first-order valence-electron chi connectivity index (χ1n) is 9.89. The summed E-state index contributed by atoms with van der Waals surface area (Å²) in [5.41, 5.74) is 2.39. The molecule has 4 nitrogen and oxygen atoms in total. The van der Waals surface area contributed by atoms with Crippen molar-refractivity contribution in [1.29, 1.82) is 0 Å². The number of rotatable bonds is 9. The lowest BCUT2D eigenvalue weighted by molar-refractivity contribution is -0.129. The van der Waals surface area contributed by atoms with Gasteiger partial charge >= 0.3 is 0 Å². The van der Waals surface area contributed by atoms with Crippen LogP contribution < -0.4 is 0 Å². The molecule has 0 radical (unpaired) electrons. The Morgan fingerprint density at radius 2 is 1.93 bits per heavy atom. The first kappa shape index (κ1) is 20.3. The highest BCUT2D eigenvalue weighted by Gasteiger charge is 2.43. The molecule has 3 rings (SSSR count). The first-order valence-corrected chi connectivity index (χ1v) is 10.8. The van der Waals surface area contributed by atoms with Crippen molar-refractivity contribution in [2.24, 2.45) is 0 Å². The number of aliphatic hydroxyl groups is 1. The van der Waals surface area contributed by atoms with Crippen LogP contribution in [0.15, 0.2) is 53.1 Å². The zero-order valence-electron chi connectivity index (χ0n) is 16.5. The first-order chi connectivity index (χ1) is 13.5. The van der Waals surface area contributed by atoms with Gasteiger partial charge in [-0.1, -0.05) is 50.1 Å². The number of hydrogen-bond acceptors (Lipinski definition) is 4. The van der Waals surface area contributed by atoms with Crippen LogP contribution in [0.1, 0.15) is 54.7 Å². The number of aryl methyl sites for hydroxylation is 2. The molecule has 148 valence electrons. The van der Waals surface area contributed by atoms with Gasteiger partial charge in [0.2, 0.25) is 0 Å². The SMILES string of the molecule is CCCCCN1C(=O)C(O)=C(C(=O)CCc2ccccc2)C1c1sccc1C. The van der Waals surface area contributed by atoms with Crippen molar-refractivity contribution in [3.63, 3.8) is 0 Å². The summed E-state index contributed by atoms with van der Waals surface area (Å²) >= 11 is 1.54. The standard InChI is InChI=1S/C23H27NO3S/c1-3-4-8-14-24-20(22-16(2)13-15-28-22)19(21(26)23(24)27)18(25)12-11-17-9-6-5-7-10-17/h5-7,9-10,13,15,20,26H,3-4,8,11-12,14H2,1-2H3. The Balaban J connectivity index is 1.86. The predicted molar refractivity (Wildman–Crippen MR) is 112 cm³/mol. The number of benzene rings is 1. The number of unbranched alkanes of at least 4 members (excludes halogenated alkanes) is 2. The second-order valence-electron chi connectivity index (χ2n) is 7.25. The van der Waals surface area contributed by atoms with Gasteiger partial charge in [0.1, 0.15) is 0 Å². The van der Waals surface area contributed by atoms with Crippen molar-refractivity contribution >= 4 is 23.0 Å². The van der Waals surface area contributed by atoms with Gasteiger partial charge in [-0.2, -0.15) is 0 Å². The van der Waals surface area contributed by atoms with Crippen LogP contribution in [-0.2, 0) is 16.0 Å². The molecule has 2 aromatic rings. The lowest BCUT2D eigenvalue weighted by Crippen LogP contribution is -2.32. The molecule has 0 saturated heterocycles. The normalized spacial score (nSPS) is 16.9. The fourth-order valence-electron chi connectivity index (χ4n) is 3.68. The van der Waals surface area contributed by atoms with Gasteiger partial charge in [-0.25, -0.2) is 0 Å². The number of Topliss-reactive ketones (excluding diaryl/α,β-unsaturated/α-hetero) is 1. The molecule has 0 bridgehead atoms. The van der Waals surface area contributed by atoms with Gasteiger partial charge in [-0.15, -0.1) is 11.3 Å². The van der Waals surface area contributed by atoms with Crippen molar-refractivity contribution in [3.8, 4) is 0 Å². The molecule has 0 aliphatic carbocycles. The number of ketones is 1. The Hall–Kier alpha value is -2.40. The van der Waals surface area contributed by atoms with E-state index in [0.29, 0.717) is 13.0 Å². The molecule has 0 spiro atoms. The Morgan fingerprint density at radius 1 is 1.18 bits per heavy atom. The van der Waals surface area contributed by atoms with Crippen LogP contribution in [0.4, 0.5) is 0 Å². The average molecular weight is 398 g/mol. The molecule has 1 N–H and O–H groups in total. The van der Waals surface area contributed by atoms with Gasteiger partial charge in [-0.3, -0.25) is 9.59 Å². The van der Waals surface area contributed by atoms with E-state index in [4.69, 9.17) is 0 Å². The zero-order chi connectivity index (χ0) is 20.1. The molecule has 1 aliphatic rings. The summed E-state index contributed by atoms with van der Waals surface area (Å²) in [5, 5.41) is 12.6. The van der Waals surface area contributed by atoms with Crippen molar-refractivity contribution in [2.45, 2.75) is 52.0 Å². The van der Waals surface area contributed by atoms with Crippen molar-refractivity contribution < 1.29 is 14.7 Å².